The predicted octanol–water partition coefficient (Wildman–Crippen LogP) is 3.72. The number of halogens is 1. The molecule has 0 aliphatic carbocycles. The van der Waals surface area contributed by atoms with Gasteiger partial charge in [0, 0.05) is 19.6 Å². The first-order chi connectivity index (χ1) is 14.9. The summed E-state index contributed by atoms with van der Waals surface area (Å²) in [5, 5.41) is 6.71. The number of nitrogens with one attached hydrogen (secondary N) is 2. The summed E-state index contributed by atoms with van der Waals surface area (Å²) in [6.07, 6.45) is 1.92. The average Bonchev–Trinajstić information content (AvgIpc) is 3.19. The van der Waals surface area contributed by atoms with E-state index in [-0.39, 0.29) is 41.8 Å². The second-order valence-corrected chi connectivity index (χ2v) is 8.31. The summed E-state index contributed by atoms with van der Waals surface area (Å²) in [4.78, 5) is 18.6. The van der Waals surface area contributed by atoms with Crippen molar-refractivity contribution in [2.45, 2.75) is 52.7 Å². The molecule has 32 heavy (non-hydrogen) atoms. The standard InChI is InChI=1S/C24H35N5O2.HI/c1-4-26-24(28-18(3)22-11-10-17(2)31-22)27-14-19-7-5-8-20(13-19)15-29-12-6-9-21(16-29)23(25)30;/h5,7-8,10-11,13,18,21H,4,6,9,12,14-16H2,1-3H3,(H2,25,30)(H2,26,27,28);1H. The molecule has 2 unspecified atom stereocenters. The molecule has 3 rings (SSSR count). The lowest BCUT2D eigenvalue weighted by Gasteiger charge is -2.31. The van der Waals surface area contributed by atoms with E-state index in [1.807, 2.05) is 19.1 Å². The van der Waals surface area contributed by atoms with E-state index in [1.165, 1.54) is 5.56 Å². The van der Waals surface area contributed by atoms with E-state index in [9.17, 15) is 4.79 Å². The number of amides is 1. The quantitative estimate of drug-likeness (QED) is 0.263. The number of aryl methyl sites for hydroxylation is 1. The third-order valence-corrected chi connectivity index (χ3v) is 5.61. The predicted molar refractivity (Wildman–Crippen MR) is 139 cm³/mol. The number of hydrogen-bond donors (Lipinski definition) is 3. The average molecular weight is 553 g/mol. The number of hydrogen-bond acceptors (Lipinski definition) is 4. The van der Waals surface area contributed by atoms with Crippen LogP contribution >= 0.6 is 24.0 Å². The minimum atomic E-state index is -0.185. The van der Waals surface area contributed by atoms with Crippen molar-refractivity contribution in [2.75, 3.05) is 19.6 Å². The van der Waals surface area contributed by atoms with Gasteiger partial charge in [-0.3, -0.25) is 9.69 Å². The fraction of sp³-hybridized carbons (Fsp3) is 0.500. The van der Waals surface area contributed by atoms with E-state index in [0.717, 1.165) is 62.1 Å². The number of carbonyl (C=O) groups is 1. The first-order valence-electron chi connectivity index (χ1n) is 11.1. The van der Waals surface area contributed by atoms with Crippen LogP contribution in [0.5, 0.6) is 0 Å². The van der Waals surface area contributed by atoms with Crippen LogP contribution in [-0.4, -0.2) is 36.4 Å². The third-order valence-electron chi connectivity index (χ3n) is 5.61. The van der Waals surface area contributed by atoms with E-state index in [2.05, 4.69) is 53.6 Å². The number of benzene rings is 1. The van der Waals surface area contributed by atoms with Crippen LogP contribution in [0.4, 0.5) is 0 Å². The number of furan rings is 1. The van der Waals surface area contributed by atoms with Gasteiger partial charge in [0.25, 0.3) is 0 Å². The number of primary amides is 1. The Labute approximate surface area is 208 Å². The van der Waals surface area contributed by atoms with E-state index in [4.69, 9.17) is 15.1 Å². The number of carbonyl (C=O) groups excluding carboxylic acids is 1. The molecule has 1 fully saturated rings. The molecule has 0 radical (unpaired) electrons. The summed E-state index contributed by atoms with van der Waals surface area (Å²) in [6, 6.07) is 12.5. The van der Waals surface area contributed by atoms with Crippen molar-refractivity contribution >= 4 is 35.8 Å². The summed E-state index contributed by atoms with van der Waals surface area (Å²) in [7, 11) is 0. The molecule has 2 atom stereocenters. The molecule has 7 nitrogen and oxygen atoms in total. The first kappa shape index (κ1) is 26.2. The molecule has 0 bridgehead atoms. The molecule has 8 heteroatoms. The van der Waals surface area contributed by atoms with Gasteiger partial charge in [-0.1, -0.05) is 24.3 Å². The number of nitrogens with zero attached hydrogens (tertiary/aromatic N) is 2. The zero-order chi connectivity index (χ0) is 22.2. The molecule has 0 saturated carbocycles. The normalized spacial score (nSPS) is 18.0. The van der Waals surface area contributed by atoms with E-state index < -0.39 is 0 Å². The highest BCUT2D eigenvalue weighted by atomic mass is 127. The molecule has 176 valence electrons. The van der Waals surface area contributed by atoms with Gasteiger partial charge < -0.3 is 20.8 Å². The maximum Gasteiger partial charge on any atom is 0.221 e. The maximum atomic E-state index is 11.5. The number of nitrogens with two attached hydrogens (primary N) is 1. The molecule has 1 saturated heterocycles. The number of guanidine groups is 1. The Morgan fingerprint density at radius 3 is 2.78 bits per heavy atom. The second-order valence-electron chi connectivity index (χ2n) is 8.31. The fourth-order valence-corrected chi connectivity index (χ4v) is 3.97. The number of likely N-dealkylation sites (tertiary alicyclic amines) is 1. The van der Waals surface area contributed by atoms with Crippen LogP contribution in [0.15, 0.2) is 45.8 Å². The fourth-order valence-electron chi connectivity index (χ4n) is 3.97. The second kappa shape index (κ2) is 12.8. The number of rotatable bonds is 8. The summed E-state index contributed by atoms with van der Waals surface area (Å²) in [5.74, 6) is 2.33. The lowest BCUT2D eigenvalue weighted by atomic mass is 9.97. The van der Waals surface area contributed by atoms with Crippen LogP contribution < -0.4 is 16.4 Å². The monoisotopic (exact) mass is 553 g/mol. The summed E-state index contributed by atoms with van der Waals surface area (Å²) >= 11 is 0. The highest BCUT2D eigenvalue weighted by Gasteiger charge is 2.23. The lowest BCUT2D eigenvalue weighted by molar-refractivity contribution is -0.123. The van der Waals surface area contributed by atoms with Crippen LogP contribution in [0.3, 0.4) is 0 Å². The Kier molecular flexibility index (Phi) is 10.5. The van der Waals surface area contributed by atoms with Crippen LogP contribution in [0.1, 0.15) is 55.4 Å². The topological polar surface area (TPSA) is 95.9 Å². The minimum absolute atomic E-state index is 0. The van der Waals surface area contributed by atoms with Crippen LogP contribution in [0.2, 0.25) is 0 Å². The molecule has 2 aromatic rings. The first-order valence-corrected chi connectivity index (χ1v) is 11.1. The van der Waals surface area contributed by atoms with Gasteiger partial charge in [-0.25, -0.2) is 4.99 Å². The number of aliphatic imine (C=N–C) groups is 1. The van der Waals surface area contributed by atoms with Gasteiger partial charge in [-0.05, 0) is 63.4 Å². The highest BCUT2D eigenvalue weighted by Crippen LogP contribution is 2.19. The molecule has 1 aromatic carbocycles. The Balaban J connectivity index is 0.00000363. The smallest absolute Gasteiger partial charge is 0.221 e. The Bertz CT molecular complexity index is 898. The van der Waals surface area contributed by atoms with Gasteiger partial charge in [0.2, 0.25) is 5.91 Å². The molecule has 1 aliphatic rings. The zero-order valence-electron chi connectivity index (χ0n) is 19.3. The van der Waals surface area contributed by atoms with Gasteiger partial charge in [0.1, 0.15) is 11.5 Å². The van der Waals surface area contributed by atoms with Crippen molar-refractivity contribution in [1.82, 2.24) is 15.5 Å². The lowest BCUT2D eigenvalue weighted by Crippen LogP contribution is -2.40. The van der Waals surface area contributed by atoms with E-state index in [1.54, 1.807) is 0 Å². The Morgan fingerprint density at radius 2 is 2.09 bits per heavy atom. The molecule has 1 aromatic heterocycles. The van der Waals surface area contributed by atoms with Crippen molar-refractivity contribution in [3.05, 3.63) is 59.0 Å². The summed E-state index contributed by atoms with van der Waals surface area (Å²) in [5.41, 5.74) is 7.90. The molecule has 4 N–H and O–H groups in total. The van der Waals surface area contributed by atoms with Gasteiger partial charge in [-0.15, -0.1) is 24.0 Å². The molecule has 1 aliphatic heterocycles. The van der Waals surface area contributed by atoms with Crippen LogP contribution in [-0.2, 0) is 17.9 Å². The maximum absolute atomic E-state index is 11.5. The van der Waals surface area contributed by atoms with Crippen molar-refractivity contribution in [3.63, 3.8) is 0 Å². The third kappa shape index (κ3) is 7.81. The Morgan fingerprint density at radius 1 is 1.31 bits per heavy atom. The highest BCUT2D eigenvalue weighted by molar-refractivity contribution is 14.0. The minimum Gasteiger partial charge on any atom is -0.464 e. The van der Waals surface area contributed by atoms with Crippen LogP contribution in [0.25, 0.3) is 0 Å². The summed E-state index contributed by atoms with van der Waals surface area (Å²) < 4.78 is 5.72. The van der Waals surface area contributed by atoms with Crippen LogP contribution in [0, 0.1) is 12.8 Å². The van der Waals surface area contributed by atoms with Crippen molar-refractivity contribution < 1.29 is 9.21 Å². The van der Waals surface area contributed by atoms with Crippen molar-refractivity contribution in [1.29, 1.82) is 0 Å². The van der Waals surface area contributed by atoms with Gasteiger partial charge >= 0.3 is 0 Å². The number of piperidine rings is 1. The Hall–Kier alpha value is -2.07. The largest absolute Gasteiger partial charge is 0.464 e. The molecular formula is C24H36IN5O2. The van der Waals surface area contributed by atoms with E-state index >= 15 is 0 Å². The van der Waals surface area contributed by atoms with Crippen molar-refractivity contribution in [2.24, 2.45) is 16.6 Å². The molecule has 1 amide bonds. The van der Waals surface area contributed by atoms with Crippen molar-refractivity contribution in [3.8, 4) is 0 Å². The molecule has 0 spiro atoms. The molecule has 2 heterocycles. The summed E-state index contributed by atoms with van der Waals surface area (Å²) in [6.45, 7) is 10.0. The molecular weight excluding hydrogens is 517 g/mol. The van der Waals surface area contributed by atoms with Gasteiger partial charge in [-0.2, -0.15) is 0 Å². The SMILES string of the molecule is CCNC(=NCc1cccc(CN2CCCC(C(N)=O)C2)c1)NC(C)c1ccc(C)o1.I. The zero-order valence-corrected chi connectivity index (χ0v) is 21.6. The van der Waals surface area contributed by atoms with E-state index in [0.29, 0.717) is 6.54 Å². The van der Waals surface area contributed by atoms with Gasteiger partial charge in [0.05, 0.1) is 18.5 Å². The van der Waals surface area contributed by atoms with Gasteiger partial charge in [0.15, 0.2) is 5.96 Å².